The molecule has 7 heteroatoms. The van der Waals surface area contributed by atoms with E-state index in [1.807, 2.05) is 31.2 Å². The largest absolute Gasteiger partial charge is 0.494 e. The van der Waals surface area contributed by atoms with Crippen LogP contribution in [0.5, 0.6) is 5.75 Å². The first-order chi connectivity index (χ1) is 12.4. The number of amides is 1. The minimum absolute atomic E-state index is 0.173. The number of nitrogens with zero attached hydrogens (tertiary/aromatic N) is 3. The highest BCUT2D eigenvalue weighted by atomic mass is 16.5. The molecule has 138 valence electrons. The summed E-state index contributed by atoms with van der Waals surface area (Å²) < 4.78 is 7.12. The minimum atomic E-state index is -0.888. The smallest absolute Gasteiger partial charge is 0.311 e. The van der Waals surface area contributed by atoms with Crippen LogP contribution in [0.1, 0.15) is 36.3 Å². The minimum Gasteiger partial charge on any atom is -0.494 e. The van der Waals surface area contributed by atoms with Gasteiger partial charge < -0.3 is 14.7 Å². The van der Waals surface area contributed by atoms with Crippen molar-refractivity contribution in [3.05, 3.63) is 41.7 Å². The van der Waals surface area contributed by atoms with Crippen molar-refractivity contribution in [2.24, 2.45) is 5.41 Å². The number of rotatable bonds is 5. The summed E-state index contributed by atoms with van der Waals surface area (Å²) in [4.78, 5) is 26.0. The molecule has 1 amide bonds. The van der Waals surface area contributed by atoms with Crippen molar-refractivity contribution in [2.45, 2.75) is 26.7 Å². The van der Waals surface area contributed by atoms with Crippen LogP contribution in [0.25, 0.3) is 5.69 Å². The van der Waals surface area contributed by atoms with E-state index in [4.69, 9.17) is 4.74 Å². The number of hydrogen-bond donors (Lipinski definition) is 1. The van der Waals surface area contributed by atoms with Gasteiger partial charge in [0.25, 0.3) is 5.91 Å². The molecule has 26 heavy (non-hydrogen) atoms. The van der Waals surface area contributed by atoms with Gasteiger partial charge in [-0.3, -0.25) is 9.59 Å². The molecule has 1 aromatic carbocycles. The Bertz CT molecular complexity index is 845. The fraction of sp³-hybridized carbons (Fsp3) is 0.421. The van der Waals surface area contributed by atoms with Crippen LogP contribution in [0.4, 0.5) is 0 Å². The second-order valence-electron chi connectivity index (χ2n) is 6.78. The van der Waals surface area contributed by atoms with E-state index in [0.29, 0.717) is 30.7 Å². The number of likely N-dealkylation sites (tertiary alicyclic amines) is 1. The van der Waals surface area contributed by atoms with Gasteiger partial charge in [0.2, 0.25) is 0 Å². The van der Waals surface area contributed by atoms with Gasteiger partial charge in [0.15, 0.2) is 0 Å². The highest BCUT2D eigenvalue weighted by Gasteiger charge is 2.42. The van der Waals surface area contributed by atoms with Crippen LogP contribution in [0.15, 0.2) is 30.5 Å². The number of carboxylic acid groups (broad SMARTS) is 1. The van der Waals surface area contributed by atoms with Crippen molar-refractivity contribution < 1.29 is 19.4 Å². The summed E-state index contributed by atoms with van der Waals surface area (Å²) >= 11 is 0. The van der Waals surface area contributed by atoms with Crippen molar-refractivity contribution >= 4 is 11.9 Å². The van der Waals surface area contributed by atoms with E-state index in [2.05, 4.69) is 5.10 Å². The highest BCUT2D eigenvalue weighted by molar-refractivity contribution is 5.96. The van der Waals surface area contributed by atoms with Gasteiger partial charge in [-0.05, 0) is 31.9 Å². The number of para-hydroxylation sites is 2. The molecular weight excluding hydrogens is 334 g/mol. The van der Waals surface area contributed by atoms with Gasteiger partial charge in [-0.2, -0.15) is 5.10 Å². The molecule has 1 aromatic heterocycles. The van der Waals surface area contributed by atoms with E-state index in [9.17, 15) is 14.7 Å². The summed E-state index contributed by atoms with van der Waals surface area (Å²) in [5, 5.41) is 13.8. The van der Waals surface area contributed by atoms with Crippen LogP contribution in [0.3, 0.4) is 0 Å². The third-order valence-electron chi connectivity index (χ3n) is 5.02. The molecule has 0 aliphatic carbocycles. The lowest BCUT2D eigenvalue weighted by Gasteiger charge is -2.20. The molecule has 2 heterocycles. The van der Waals surface area contributed by atoms with Gasteiger partial charge in [0, 0.05) is 13.1 Å². The molecule has 1 aliphatic rings. The number of benzene rings is 1. The molecule has 1 saturated heterocycles. The molecule has 1 fully saturated rings. The summed E-state index contributed by atoms with van der Waals surface area (Å²) in [7, 11) is 1.59. The molecule has 1 atom stereocenters. The van der Waals surface area contributed by atoms with Gasteiger partial charge in [0.05, 0.1) is 30.0 Å². The Morgan fingerprint density at radius 1 is 1.35 bits per heavy atom. The first-order valence-electron chi connectivity index (χ1n) is 8.64. The van der Waals surface area contributed by atoms with Crippen molar-refractivity contribution in [2.75, 3.05) is 20.2 Å². The summed E-state index contributed by atoms with van der Waals surface area (Å²) in [5.74, 6) is -0.370. The van der Waals surface area contributed by atoms with Crippen molar-refractivity contribution in [3.8, 4) is 11.4 Å². The summed E-state index contributed by atoms with van der Waals surface area (Å²) in [6, 6.07) is 7.49. The Kier molecular flexibility index (Phi) is 4.71. The van der Waals surface area contributed by atoms with Gasteiger partial charge >= 0.3 is 5.97 Å². The van der Waals surface area contributed by atoms with Gasteiger partial charge in [-0.15, -0.1) is 0 Å². The van der Waals surface area contributed by atoms with Gasteiger partial charge in [0.1, 0.15) is 11.4 Å². The first-order valence-corrected chi connectivity index (χ1v) is 8.64. The number of carbonyl (C=O) groups excluding carboxylic acids is 1. The Hall–Kier alpha value is -2.83. The van der Waals surface area contributed by atoms with Crippen molar-refractivity contribution in [1.29, 1.82) is 0 Å². The molecule has 0 saturated carbocycles. The normalized spacial score (nSPS) is 19.6. The van der Waals surface area contributed by atoms with Gasteiger partial charge in [-0.25, -0.2) is 4.68 Å². The lowest BCUT2D eigenvalue weighted by atomic mass is 9.90. The number of aliphatic carboxylic acids is 1. The molecule has 1 N–H and O–H groups in total. The number of carbonyl (C=O) groups is 2. The van der Waals surface area contributed by atoms with Gasteiger partial charge in [-0.1, -0.05) is 19.1 Å². The Morgan fingerprint density at radius 2 is 2.08 bits per heavy atom. The molecule has 1 unspecified atom stereocenters. The van der Waals surface area contributed by atoms with Crippen LogP contribution >= 0.6 is 0 Å². The molecule has 1 aliphatic heterocycles. The summed E-state index contributed by atoms with van der Waals surface area (Å²) in [6.07, 6.45) is 2.63. The zero-order chi connectivity index (χ0) is 18.9. The van der Waals surface area contributed by atoms with E-state index in [1.165, 1.54) is 0 Å². The lowest BCUT2D eigenvalue weighted by Crippen LogP contribution is -2.35. The number of ether oxygens (including phenoxy) is 1. The average molecular weight is 357 g/mol. The number of hydrogen-bond acceptors (Lipinski definition) is 4. The fourth-order valence-electron chi connectivity index (χ4n) is 3.38. The monoisotopic (exact) mass is 357 g/mol. The quantitative estimate of drug-likeness (QED) is 0.888. The molecule has 0 radical (unpaired) electrons. The van der Waals surface area contributed by atoms with Crippen LogP contribution in [-0.2, 0) is 11.2 Å². The number of methoxy groups -OCH3 is 1. The second kappa shape index (κ2) is 6.82. The van der Waals surface area contributed by atoms with Crippen LogP contribution in [0, 0.1) is 5.41 Å². The number of aromatic nitrogens is 2. The Labute approximate surface area is 152 Å². The highest BCUT2D eigenvalue weighted by Crippen LogP contribution is 2.32. The number of carboxylic acids is 1. The SMILES string of the molecule is CCc1c(C(=O)N2CCC(C)(C(=O)O)C2)cnn1-c1ccccc1OC. The maximum absolute atomic E-state index is 13.0. The topological polar surface area (TPSA) is 84.7 Å². The zero-order valence-electron chi connectivity index (χ0n) is 15.2. The summed E-state index contributed by atoms with van der Waals surface area (Å²) in [6.45, 7) is 4.29. The van der Waals surface area contributed by atoms with E-state index in [1.54, 1.807) is 29.8 Å². The Morgan fingerprint density at radius 3 is 2.69 bits per heavy atom. The lowest BCUT2D eigenvalue weighted by molar-refractivity contribution is -0.147. The maximum atomic E-state index is 13.0. The average Bonchev–Trinajstić information content (AvgIpc) is 3.25. The molecule has 7 nitrogen and oxygen atoms in total. The standard InChI is InChI=1S/C19H23N3O4/c1-4-14-13(17(23)21-10-9-19(2,12-21)18(24)25)11-20-22(14)15-7-5-6-8-16(15)26-3/h5-8,11H,4,9-10,12H2,1-3H3,(H,24,25). The maximum Gasteiger partial charge on any atom is 0.311 e. The van der Waals surface area contributed by atoms with Crippen LogP contribution in [-0.4, -0.2) is 51.9 Å². The van der Waals surface area contributed by atoms with E-state index in [0.717, 1.165) is 11.4 Å². The summed E-state index contributed by atoms with van der Waals surface area (Å²) in [5.41, 5.74) is 1.17. The fourth-order valence-corrected chi connectivity index (χ4v) is 3.38. The van der Waals surface area contributed by atoms with Crippen molar-refractivity contribution in [1.82, 2.24) is 14.7 Å². The van der Waals surface area contributed by atoms with E-state index >= 15 is 0 Å². The van der Waals surface area contributed by atoms with Crippen LogP contribution < -0.4 is 4.74 Å². The molecule has 0 spiro atoms. The third-order valence-corrected chi connectivity index (χ3v) is 5.02. The van der Waals surface area contributed by atoms with E-state index < -0.39 is 11.4 Å². The van der Waals surface area contributed by atoms with E-state index in [-0.39, 0.29) is 12.5 Å². The second-order valence-corrected chi connectivity index (χ2v) is 6.78. The van der Waals surface area contributed by atoms with Crippen LogP contribution in [0.2, 0.25) is 0 Å². The predicted molar refractivity (Wildman–Crippen MR) is 95.8 cm³/mol. The molecule has 3 rings (SSSR count). The molecular formula is C19H23N3O4. The zero-order valence-corrected chi connectivity index (χ0v) is 15.2. The van der Waals surface area contributed by atoms with Crippen molar-refractivity contribution in [3.63, 3.8) is 0 Å². The molecule has 2 aromatic rings. The predicted octanol–water partition coefficient (Wildman–Crippen LogP) is 2.38. The Balaban J connectivity index is 1.94. The first kappa shape index (κ1) is 18.0. The molecule has 0 bridgehead atoms. The third kappa shape index (κ3) is 2.94.